The first-order valence-corrected chi connectivity index (χ1v) is 12.6. The van der Waals surface area contributed by atoms with Gasteiger partial charge in [0.15, 0.2) is 5.65 Å². The van der Waals surface area contributed by atoms with Crippen LogP contribution in [0.1, 0.15) is 38.7 Å². The van der Waals surface area contributed by atoms with E-state index in [0.717, 1.165) is 11.3 Å². The molecule has 0 aliphatic carbocycles. The maximum atomic E-state index is 13.1. The van der Waals surface area contributed by atoms with E-state index in [9.17, 15) is 14.4 Å². The Balaban J connectivity index is 1.44. The van der Waals surface area contributed by atoms with Gasteiger partial charge in [0, 0.05) is 64.8 Å². The molecule has 0 saturated heterocycles. The summed E-state index contributed by atoms with van der Waals surface area (Å²) in [4.78, 5) is 47.0. The second-order valence-corrected chi connectivity index (χ2v) is 9.68. The summed E-state index contributed by atoms with van der Waals surface area (Å²) in [5.74, 6) is 0.349. The molecule has 1 aromatic carbocycles. The molecule has 2 amide bonds. The highest BCUT2D eigenvalue weighted by Crippen LogP contribution is 2.23. The van der Waals surface area contributed by atoms with Crippen molar-refractivity contribution in [1.29, 1.82) is 0 Å². The van der Waals surface area contributed by atoms with Crippen LogP contribution in [0.25, 0.3) is 11.0 Å². The van der Waals surface area contributed by atoms with E-state index < -0.39 is 0 Å². The van der Waals surface area contributed by atoms with Crippen LogP contribution in [0.15, 0.2) is 41.6 Å². The van der Waals surface area contributed by atoms with E-state index in [1.165, 1.54) is 17.1 Å². The number of para-hydroxylation sites is 1. The van der Waals surface area contributed by atoms with Crippen LogP contribution >= 0.6 is 0 Å². The minimum Gasteiger partial charge on any atom is -0.341 e. The van der Waals surface area contributed by atoms with Crippen molar-refractivity contribution < 1.29 is 9.59 Å². The second kappa shape index (κ2) is 11.5. The molecule has 0 spiro atoms. The molecule has 2 aromatic heterocycles. The molecular formula is C26H35N7O3. The zero-order chi connectivity index (χ0) is 25.7. The molecular weight excluding hydrogens is 458 g/mol. The molecule has 1 N–H and O–H groups in total. The summed E-state index contributed by atoms with van der Waals surface area (Å²) in [6.07, 6.45) is 4.33. The fourth-order valence-electron chi connectivity index (χ4n) is 4.58. The lowest BCUT2D eigenvalue weighted by atomic mass is 10.1. The quantitative estimate of drug-likeness (QED) is 0.582. The molecule has 10 nitrogen and oxygen atoms in total. The molecule has 3 heterocycles. The number of nitrogens with one attached hydrogen (secondary N) is 1. The highest BCUT2D eigenvalue weighted by atomic mass is 16.2. The number of aromatic nitrogens is 4. The van der Waals surface area contributed by atoms with Crippen molar-refractivity contribution >= 4 is 28.5 Å². The summed E-state index contributed by atoms with van der Waals surface area (Å²) in [6.45, 7) is 7.27. The molecule has 10 heteroatoms. The summed E-state index contributed by atoms with van der Waals surface area (Å²) >= 11 is 0. The number of carbonyl (C=O) groups is 2. The van der Waals surface area contributed by atoms with E-state index in [0.29, 0.717) is 56.6 Å². The highest BCUT2D eigenvalue weighted by molar-refractivity contribution is 5.94. The first-order valence-electron chi connectivity index (χ1n) is 12.6. The number of amides is 2. The van der Waals surface area contributed by atoms with Gasteiger partial charge in [-0.05, 0) is 24.0 Å². The highest BCUT2D eigenvalue weighted by Gasteiger charge is 2.22. The number of hydrogen-bond donors (Lipinski definition) is 1. The molecule has 0 saturated carbocycles. The number of carbonyl (C=O) groups excluding carboxylic acids is 2. The Morgan fingerprint density at radius 1 is 1.11 bits per heavy atom. The molecule has 0 fully saturated rings. The predicted octanol–water partition coefficient (Wildman–Crippen LogP) is 1.92. The van der Waals surface area contributed by atoms with Gasteiger partial charge in [-0.1, -0.05) is 32.0 Å². The lowest BCUT2D eigenvalue weighted by Gasteiger charge is -2.27. The largest absolute Gasteiger partial charge is 0.341 e. The van der Waals surface area contributed by atoms with Crippen molar-refractivity contribution in [2.24, 2.45) is 13.0 Å². The molecule has 4 rings (SSSR count). The molecule has 3 aromatic rings. The fourth-order valence-corrected chi connectivity index (χ4v) is 4.58. The van der Waals surface area contributed by atoms with Gasteiger partial charge in [0.25, 0.3) is 5.56 Å². The summed E-state index contributed by atoms with van der Waals surface area (Å²) in [5, 5.41) is 7.96. The second-order valence-electron chi connectivity index (χ2n) is 9.68. The Morgan fingerprint density at radius 2 is 1.92 bits per heavy atom. The van der Waals surface area contributed by atoms with Crippen LogP contribution in [-0.4, -0.2) is 62.2 Å². The van der Waals surface area contributed by atoms with Crippen molar-refractivity contribution in [2.75, 3.05) is 31.1 Å². The molecule has 1 aliphatic rings. The van der Waals surface area contributed by atoms with Crippen LogP contribution in [0.2, 0.25) is 0 Å². The number of benzene rings is 1. The average Bonchev–Trinajstić information content (AvgIpc) is 3.21. The van der Waals surface area contributed by atoms with Crippen LogP contribution in [0.5, 0.6) is 0 Å². The van der Waals surface area contributed by atoms with Crippen molar-refractivity contribution in [3.05, 3.63) is 52.7 Å². The summed E-state index contributed by atoms with van der Waals surface area (Å²) < 4.78 is 3.02. The Bertz CT molecular complexity index is 1280. The van der Waals surface area contributed by atoms with Gasteiger partial charge in [0.2, 0.25) is 11.8 Å². The van der Waals surface area contributed by atoms with E-state index in [2.05, 4.69) is 15.4 Å². The van der Waals surface area contributed by atoms with Gasteiger partial charge in [0.05, 0.1) is 12.5 Å². The van der Waals surface area contributed by atoms with Crippen LogP contribution in [0.4, 0.5) is 5.69 Å². The lowest BCUT2D eigenvalue weighted by molar-refractivity contribution is -0.131. The Labute approximate surface area is 210 Å². The summed E-state index contributed by atoms with van der Waals surface area (Å²) in [5.41, 5.74) is 2.34. The summed E-state index contributed by atoms with van der Waals surface area (Å²) in [7, 11) is 1.74. The monoisotopic (exact) mass is 493 g/mol. The fraction of sp³-hybridized carbons (Fsp3) is 0.500. The molecule has 0 unspecified atom stereocenters. The Morgan fingerprint density at radius 3 is 2.72 bits per heavy atom. The Hall–Kier alpha value is -3.53. The maximum absolute atomic E-state index is 13.1. The standard InChI is InChI=1S/C26H35N7O3/c1-19(2)15-24(35)33-12-6-11-31(14-10-27-16-20-7-4-5-8-22(20)33)23(34)9-13-32-18-28-25-21(26(32)36)17-29-30(25)3/h4-5,7-8,17-19,27H,6,9-16H2,1-3H3. The van der Waals surface area contributed by atoms with E-state index >= 15 is 0 Å². The summed E-state index contributed by atoms with van der Waals surface area (Å²) in [6, 6.07) is 7.99. The van der Waals surface area contributed by atoms with E-state index in [-0.39, 0.29) is 36.3 Å². The van der Waals surface area contributed by atoms with Crippen LogP contribution in [0, 0.1) is 5.92 Å². The number of nitrogens with zero attached hydrogens (tertiary/aromatic N) is 6. The van der Waals surface area contributed by atoms with Gasteiger partial charge in [-0.25, -0.2) is 4.98 Å². The zero-order valence-electron chi connectivity index (χ0n) is 21.3. The van der Waals surface area contributed by atoms with Crippen LogP contribution in [0.3, 0.4) is 0 Å². The first kappa shape index (κ1) is 25.6. The molecule has 0 atom stereocenters. The molecule has 36 heavy (non-hydrogen) atoms. The van der Waals surface area contributed by atoms with Gasteiger partial charge < -0.3 is 15.1 Å². The maximum Gasteiger partial charge on any atom is 0.264 e. The number of fused-ring (bicyclic) bond motifs is 2. The van der Waals surface area contributed by atoms with Gasteiger partial charge in [-0.15, -0.1) is 0 Å². The van der Waals surface area contributed by atoms with E-state index in [1.54, 1.807) is 11.7 Å². The van der Waals surface area contributed by atoms with Gasteiger partial charge in [0.1, 0.15) is 5.39 Å². The Kier molecular flexibility index (Phi) is 8.14. The number of rotatable bonds is 5. The predicted molar refractivity (Wildman–Crippen MR) is 139 cm³/mol. The SMILES string of the molecule is CC(C)CC(=O)N1CCCN(C(=O)CCn2cnc3c(cnn3C)c2=O)CCNCc2ccccc21. The molecule has 0 bridgehead atoms. The van der Waals surface area contributed by atoms with Crippen LogP contribution < -0.4 is 15.8 Å². The average molecular weight is 494 g/mol. The van der Waals surface area contributed by atoms with Crippen molar-refractivity contribution in [1.82, 2.24) is 29.5 Å². The number of aryl methyl sites for hydroxylation is 2. The van der Waals surface area contributed by atoms with Crippen molar-refractivity contribution in [2.45, 2.75) is 46.2 Å². The molecule has 1 aliphatic heterocycles. The molecule has 192 valence electrons. The zero-order valence-corrected chi connectivity index (χ0v) is 21.3. The normalized spacial score (nSPS) is 15.1. The molecule has 0 radical (unpaired) electrons. The third-order valence-corrected chi connectivity index (χ3v) is 6.49. The third kappa shape index (κ3) is 5.81. The number of anilines is 1. The smallest absolute Gasteiger partial charge is 0.264 e. The lowest BCUT2D eigenvalue weighted by Crippen LogP contribution is -2.39. The topological polar surface area (TPSA) is 105 Å². The van der Waals surface area contributed by atoms with Gasteiger partial charge >= 0.3 is 0 Å². The van der Waals surface area contributed by atoms with Crippen LogP contribution in [-0.2, 0) is 29.7 Å². The van der Waals surface area contributed by atoms with Gasteiger partial charge in [-0.2, -0.15) is 5.10 Å². The van der Waals surface area contributed by atoms with E-state index in [1.807, 2.05) is 47.9 Å². The van der Waals surface area contributed by atoms with E-state index in [4.69, 9.17) is 0 Å². The third-order valence-electron chi connectivity index (χ3n) is 6.49. The minimum absolute atomic E-state index is 0.0215. The minimum atomic E-state index is -0.197. The first-order chi connectivity index (χ1) is 17.3. The van der Waals surface area contributed by atoms with Crippen molar-refractivity contribution in [3.8, 4) is 0 Å². The van der Waals surface area contributed by atoms with Crippen molar-refractivity contribution in [3.63, 3.8) is 0 Å². The number of hydrogen-bond acceptors (Lipinski definition) is 6. The van der Waals surface area contributed by atoms with Gasteiger partial charge in [-0.3, -0.25) is 23.6 Å².